The molecule has 2 aromatic carbocycles. The summed E-state index contributed by atoms with van der Waals surface area (Å²) in [6.07, 6.45) is 0. The number of benzene rings is 2. The highest BCUT2D eigenvalue weighted by Gasteiger charge is 2.20. The van der Waals surface area contributed by atoms with Crippen LogP contribution in [0.15, 0.2) is 36.4 Å². The van der Waals surface area contributed by atoms with Gasteiger partial charge in [-0.05, 0) is 11.1 Å². The molecule has 2 heterocycles. The fourth-order valence-electron chi connectivity index (χ4n) is 3.10. The Morgan fingerprint density at radius 3 is 2.42 bits per heavy atom. The molecule has 124 valence electrons. The van der Waals surface area contributed by atoms with Crippen molar-refractivity contribution in [3.8, 4) is 11.5 Å². The molecule has 1 aliphatic rings. The summed E-state index contributed by atoms with van der Waals surface area (Å²) < 4.78 is 13.3. The highest BCUT2D eigenvalue weighted by molar-refractivity contribution is 5.81. The number of hydrogen-bond acceptors (Lipinski definition) is 4. The molecule has 3 aromatic rings. The molecule has 0 saturated heterocycles. The van der Waals surface area contributed by atoms with Crippen molar-refractivity contribution in [1.29, 1.82) is 0 Å². The van der Waals surface area contributed by atoms with E-state index in [2.05, 4.69) is 42.7 Å². The van der Waals surface area contributed by atoms with Crippen molar-refractivity contribution in [2.75, 3.05) is 6.79 Å². The molecule has 4 rings (SSSR count). The summed E-state index contributed by atoms with van der Waals surface area (Å²) in [5, 5.41) is 0. The molecule has 0 radical (unpaired) electrons. The molecule has 0 aliphatic carbocycles. The SMILES string of the molecule is CC(C)c1nc2cc3c(cc2n1Cc1ccc(CN)cc1)OCO3. The minimum Gasteiger partial charge on any atom is -0.454 e. The third-order valence-electron chi connectivity index (χ3n) is 4.39. The average molecular weight is 323 g/mol. The standard InChI is InChI=1S/C19H21N3O2/c1-12(2)19-21-15-7-17-18(24-11-23-17)8-16(15)22(19)10-14-5-3-13(9-20)4-6-14/h3-8,12H,9-11,20H2,1-2H3. The molecular weight excluding hydrogens is 302 g/mol. The number of hydrogen-bond donors (Lipinski definition) is 1. The predicted octanol–water partition coefficient (Wildman–Crippen LogP) is 3.40. The van der Waals surface area contributed by atoms with Gasteiger partial charge in [0.2, 0.25) is 6.79 Å². The third-order valence-corrected chi connectivity index (χ3v) is 4.39. The van der Waals surface area contributed by atoms with Crippen molar-refractivity contribution in [1.82, 2.24) is 9.55 Å². The molecule has 0 saturated carbocycles. The molecule has 0 spiro atoms. The molecule has 0 bridgehead atoms. The fourth-order valence-corrected chi connectivity index (χ4v) is 3.10. The lowest BCUT2D eigenvalue weighted by Gasteiger charge is -2.12. The number of aromatic nitrogens is 2. The Kier molecular flexibility index (Phi) is 3.65. The van der Waals surface area contributed by atoms with E-state index in [-0.39, 0.29) is 6.79 Å². The zero-order valence-corrected chi connectivity index (χ0v) is 14.0. The maximum atomic E-state index is 5.69. The van der Waals surface area contributed by atoms with Crippen LogP contribution in [0, 0.1) is 0 Å². The van der Waals surface area contributed by atoms with Crippen LogP contribution in [-0.4, -0.2) is 16.3 Å². The molecular formula is C19H21N3O2. The molecule has 1 aliphatic heterocycles. The van der Waals surface area contributed by atoms with E-state index in [4.69, 9.17) is 20.2 Å². The first-order chi connectivity index (χ1) is 11.7. The molecule has 2 N–H and O–H groups in total. The Morgan fingerprint density at radius 1 is 1.08 bits per heavy atom. The topological polar surface area (TPSA) is 62.3 Å². The normalized spacial score (nSPS) is 13.2. The van der Waals surface area contributed by atoms with Crippen LogP contribution in [0.3, 0.4) is 0 Å². The van der Waals surface area contributed by atoms with E-state index < -0.39 is 0 Å². The summed E-state index contributed by atoms with van der Waals surface area (Å²) >= 11 is 0. The van der Waals surface area contributed by atoms with Crippen LogP contribution in [0.5, 0.6) is 11.5 Å². The summed E-state index contributed by atoms with van der Waals surface area (Å²) in [6, 6.07) is 12.4. The van der Waals surface area contributed by atoms with Crippen molar-refractivity contribution < 1.29 is 9.47 Å². The first-order valence-corrected chi connectivity index (χ1v) is 8.23. The van der Waals surface area contributed by atoms with Gasteiger partial charge in [-0.15, -0.1) is 0 Å². The first-order valence-electron chi connectivity index (χ1n) is 8.23. The van der Waals surface area contributed by atoms with E-state index in [1.807, 2.05) is 12.1 Å². The van der Waals surface area contributed by atoms with E-state index in [9.17, 15) is 0 Å². The smallest absolute Gasteiger partial charge is 0.231 e. The van der Waals surface area contributed by atoms with Gasteiger partial charge < -0.3 is 19.8 Å². The van der Waals surface area contributed by atoms with Gasteiger partial charge in [-0.3, -0.25) is 0 Å². The van der Waals surface area contributed by atoms with E-state index in [1.165, 1.54) is 5.56 Å². The molecule has 1 aromatic heterocycles. The highest BCUT2D eigenvalue weighted by atomic mass is 16.7. The van der Waals surface area contributed by atoms with Crippen LogP contribution in [0.25, 0.3) is 11.0 Å². The van der Waals surface area contributed by atoms with E-state index in [0.29, 0.717) is 12.5 Å². The summed E-state index contributed by atoms with van der Waals surface area (Å²) in [6.45, 7) is 5.94. The van der Waals surface area contributed by atoms with Gasteiger partial charge in [0.25, 0.3) is 0 Å². The molecule has 5 nitrogen and oxygen atoms in total. The summed E-state index contributed by atoms with van der Waals surface area (Å²) in [5.41, 5.74) is 10.1. The third kappa shape index (κ3) is 2.51. The summed E-state index contributed by atoms with van der Waals surface area (Å²) in [5.74, 6) is 2.96. The van der Waals surface area contributed by atoms with E-state index in [1.54, 1.807) is 0 Å². The van der Waals surface area contributed by atoms with Crippen LogP contribution in [0.1, 0.15) is 36.7 Å². The quantitative estimate of drug-likeness (QED) is 0.799. The lowest BCUT2D eigenvalue weighted by atomic mass is 10.1. The van der Waals surface area contributed by atoms with Gasteiger partial charge in [-0.1, -0.05) is 38.1 Å². The Hall–Kier alpha value is -2.53. The van der Waals surface area contributed by atoms with Crippen molar-refractivity contribution in [2.45, 2.75) is 32.9 Å². The van der Waals surface area contributed by atoms with E-state index >= 15 is 0 Å². The Morgan fingerprint density at radius 2 is 1.75 bits per heavy atom. The van der Waals surface area contributed by atoms with E-state index in [0.717, 1.165) is 40.5 Å². The molecule has 0 fully saturated rings. The second kappa shape index (κ2) is 5.83. The number of fused-ring (bicyclic) bond motifs is 2. The van der Waals surface area contributed by atoms with Crippen molar-refractivity contribution >= 4 is 11.0 Å². The molecule has 0 unspecified atom stereocenters. The molecule has 0 atom stereocenters. The lowest BCUT2D eigenvalue weighted by Crippen LogP contribution is -2.07. The monoisotopic (exact) mass is 323 g/mol. The summed E-state index contributed by atoms with van der Waals surface area (Å²) in [4.78, 5) is 4.83. The Bertz CT molecular complexity index is 882. The van der Waals surface area contributed by atoms with Crippen molar-refractivity contribution in [3.05, 3.63) is 53.3 Å². The number of nitrogens with zero attached hydrogens (tertiary/aromatic N) is 2. The minimum absolute atomic E-state index is 0.277. The first kappa shape index (κ1) is 15.0. The van der Waals surface area contributed by atoms with Crippen LogP contribution in [0.4, 0.5) is 0 Å². The van der Waals surface area contributed by atoms with Crippen molar-refractivity contribution in [3.63, 3.8) is 0 Å². The van der Waals surface area contributed by atoms with Crippen LogP contribution < -0.4 is 15.2 Å². The number of imidazole rings is 1. The Balaban J connectivity index is 1.80. The van der Waals surface area contributed by atoms with Crippen molar-refractivity contribution in [2.24, 2.45) is 5.73 Å². The largest absolute Gasteiger partial charge is 0.454 e. The van der Waals surface area contributed by atoms with Crippen LogP contribution in [0.2, 0.25) is 0 Å². The van der Waals surface area contributed by atoms with Gasteiger partial charge in [-0.2, -0.15) is 0 Å². The van der Waals surface area contributed by atoms with Gasteiger partial charge in [0, 0.05) is 31.1 Å². The highest BCUT2D eigenvalue weighted by Crippen LogP contribution is 2.37. The van der Waals surface area contributed by atoms with Gasteiger partial charge in [0.1, 0.15) is 5.82 Å². The maximum absolute atomic E-state index is 5.69. The fraction of sp³-hybridized carbons (Fsp3) is 0.316. The molecule has 0 amide bonds. The zero-order chi connectivity index (χ0) is 16.7. The van der Waals surface area contributed by atoms with Crippen LogP contribution in [-0.2, 0) is 13.1 Å². The van der Waals surface area contributed by atoms with Gasteiger partial charge >= 0.3 is 0 Å². The lowest BCUT2D eigenvalue weighted by molar-refractivity contribution is 0.174. The average Bonchev–Trinajstić information content (AvgIpc) is 3.18. The second-order valence-electron chi connectivity index (χ2n) is 6.43. The maximum Gasteiger partial charge on any atom is 0.231 e. The number of ether oxygens (including phenoxy) is 2. The van der Waals surface area contributed by atoms with Gasteiger partial charge in [0.15, 0.2) is 11.5 Å². The number of nitrogens with two attached hydrogens (primary N) is 1. The van der Waals surface area contributed by atoms with Crippen LogP contribution >= 0.6 is 0 Å². The van der Waals surface area contributed by atoms with Gasteiger partial charge in [0.05, 0.1) is 11.0 Å². The molecule has 5 heteroatoms. The summed E-state index contributed by atoms with van der Waals surface area (Å²) in [7, 11) is 0. The number of rotatable bonds is 4. The second-order valence-corrected chi connectivity index (χ2v) is 6.43. The predicted molar refractivity (Wildman–Crippen MR) is 93.4 cm³/mol. The Labute approximate surface area is 141 Å². The van der Waals surface area contributed by atoms with Gasteiger partial charge in [-0.25, -0.2) is 4.98 Å². The zero-order valence-electron chi connectivity index (χ0n) is 14.0. The molecule has 24 heavy (non-hydrogen) atoms. The minimum atomic E-state index is 0.277.